The van der Waals surface area contributed by atoms with Crippen molar-refractivity contribution >= 4 is 17.3 Å². The Hall–Kier alpha value is -2.69. The SMILES string of the molecule is COc1cc(N)ccc1C(=O)Nc1ccc2c(c1)CCO2. The second kappa shape index (κ2) is 5.36. The summed E-state index contributed by atoms with van der Waals surface area (Å²) in [6.45, 7) is 0.693. The van der Waals surface area contributed by atoms with Gasteiger partial charge in [-0.15, -0.1) is 0 Å². The number of amides is 1. The van der Waals surface area contributed by atoms with E-state index in [1.165, 1.54) is 7.11 Å². The van der Waals surface area contributed by atoms with Gasteiger partial charge >= 0.3 is 0 Å². The van der Waals surface area contributed by atoms with Gasteiger partial charge in [0.05, 0.1) is 19.3 Å². The van der Waals surface area contributed by atoms with Crippen molar-refractivity contribution in [3.63, 3.8) is 0 Å². The van der Waals surface area contributed by atoms with Crippen molar-refractivity contribution < 1.29 is 14.3 Å². The molecule has 2 aromatic rings. The summed E-state index contributed by atoms with van der Waals surface area (Å²) in [6.07, 6.45) is 0.865. The van der Waals surface area contributed by atoms with Crippen molar-refractivity contribution in [3.8, 4) is 11.5 Å². The van der Waals surface area contributed by atoms with Crippen LogP contribution in [0.5, 0.6) is 11.5 Å². The van der Waals surface area contributed by atoms with Crippen molar-refractivity contribution in [1.29, 1.82) is 0 Å². The summed E-state index contributed by atoms with van der Waals surface area (Å²) in [6, 6.07) is 10.6. The van der Waals surface area contributed by atoms with E-state index in [0.717, 1.165) is 23.4 Å². The van der Waals surface area contributed by atoms with E-state index in [1.807, 2.05) is 18.2 Å². The van der Waals surface area contributed by atoms with Gasteiger partial charge < -0.3 is 20.5 Å². The van der Waals surface area contributed by atoms with Crippen LogP contribution in [0.1, 0.15) is 15.9 Å². The fourth-order valence-corrected chi connectivity index (χ4v) is 2.36. The number of fused-ring (bicyclic) bond motifs is 1. The van der Waals surface area contributed by atoms with Crippen LogP contribution in [0, 0.1) is 0 Å². The molecule has 0 aliphatic carbocycles. The average molecular weight is 284 g/mol. The van der Waals surface area contributed by atoms with E-state index < -0.39 is 0 Å². The summed E-state index contributed by atoms with van der Waals surface area (Å²) in [7, 11) is 1.51. The number of carbonyl (C=O) groups excluding carboxylic acids is 1. The largest absolute Gasteiger partial charge is 0.496 e. The average Bonchev–Trinajstić information content (AvgIpc) is 2.94. The number of nitrogen functional groups attached to an aromatic ring is 1. The fourth-order valence-electron chi connectivity index (χ4n) is 2.36. The third-order valence-electron chi connectivity index (χ3n) is 3.42. The van der Waals surface area contributed by atoms with E-state index in [0.29, 0.717) is 23.6 Å². The minimum atomic E-state index is -0.231. The Labute approximate surface area is 122 Å². The Morgan fingerprint density at radius 1 is 1.29 bits per heavy atom. The van der Waals surface area contributed by atoms with Crippen LogP contribution in [0.25, 0.3) is 0 Å². The standard InChI is InChI=1S/C16H16N2O3/c1-20-15-9-11(17)2-4-13(15)16(19)18-12-3-5-14-10(8-12)6-7-21-14/h2-5,8-9H,6-7,17H2,1H3,(H,18,19). The molecule has 1 aliphatic rings. The zero-order chi connectivity index (χ0) is 14.8. The monoisotopic (exact) mass is 284 g/mol. The first-order valence-electron chi connectivity index (χ1n) is 6.68. The zero-order valence-electron chi connectivity index (χ0n) is 11.7. The van der Waals surface area contributed by atoms with E-state index in [-0.39, 0.29) is 5.91 Å². The Kier molecular flexibility index (Phi) is 3.39. The van der Waals surface area contributed by atoms with Gasteiger partial charge in [0.15, 0.2) is 0 Å². The number of hydrogen-bond donors (Lipinski definition) is 2. The van der Waals surface area contributed by atoms with Crippen LogP contribution in [0.3, 0.4) is 0 Å². The zero-order valence-corrected chi connectivity index (χ0v) is 11.7. The summed E-state index contributed by atoms with van der Waals surface area (Å²) >= 11 is 0. The minimum Gasteiger partial charge on any atom is -0.496 e. The Balaban J connectivity index is 1.83. The van der Waals surface area contributed by atoms with Gasteiger partial charge in [0, 0.05) is 23.9 Å². The van der Waals surface area contributed by atoms with Gasteiger partial charge in [-0.05, 0) is 35.9 Å². The van der Waals surface area contributed by atoms with Crippen LogP contribution in [0.15, 0.2) is 36.4 Å². The molecule has 21 heavy (non-hydrogen) atoms. The molecule has 1 aliphatic heterocycles. The highest BCUT2D eigenvalue weighted by atomic mass is 16.5. The highest BCUT2D eigenvalue weighted by molar-refractivity contribution is 6.06. The van der Waals surface area contributed by atoms with Crippen LogP contribution in [-0.4, -0.2) is 19.6 Å². The van der Waals surface area contributed by atoms with Gasteiger partial charge in [-0.1, -0.05) is 0 Å². The lowest BCUT2D eigenvalue weighted by Crippen LogP contribution is -2.13. The molecule has 3 rings (SSSR count). The molecule has 0 unspecified atom stereocenters. The molecule has 0 saturated carbocycles. The molecule has 3 N–H and O–H groups in total. The van der Waals surface area contributed by atoms with E-state index in [1.54, 1.807) is 18.2 Å². The van der Waals surface area contributed by atoms with Gasteiger partial charge in [0.25, 0.3) is 5.91 Å². The fraction of sp³-hybridized carbons (Fsp3) is 0.188. The molecule has 108 valence electrons. The summed E-state index contributed by atoms with van der Waals surface area (Å²) in [5.41, 5.74) is 8.54. The molecule has 0 aromatic heterocycles. The Morgan fingerprint density at radius 3 is 2.95 bits per heavy atom. The molecular weight excluding hydrogens is 268 g/mol. The molecule has 1 amide bonds. The minimum absolute atomic E-state index is 0.231. The second-order valence-electron chi connectivity index (χ2n) is 4.83. The third-order valence-corrected chi connectivity index (χ3v) is 3.42. The highest BCUT2D eigenvalue weighted by Gasteiger charge is 2.15. The summed E-state index contributed by atoms with van der Waals surface area (Å²) in [4.78, 5) is 12.3. The quantitative estimate of drug-likeness (QED) is 0.849. The lowest BCUT2D eigenvalue weighted by Gasteiger charge is -2.10. The first-order valence-corrected chi connectivity index (χ1v) is 6.68. The van der Waals surface area contributed by atoms with Gasteiger partial charge in [-0.2, -0.15) is 0 Å². The lowest BCUT2D eigenvalue weighted by molar-refractivity contribution is 0.102. The molecule has 0 spiro atoms. The number of anilines is 2. The molecule has 0 bridgehead atoms. The first-order chi connectivity index (χ1) is 10.2. The summed E-state index contributed by atoms with van der Waals surface area (Å²) in [5, 5.41) is 2.87. The molecule has 1 heterocycles. The summed E-state index contributed by atoms with van der Waals surface area (Å²) in [5.74, 6) is 1.11. The maximum absolute atomic E-state index is 12.3. The van der Waals surface area contributed by atoms with Crippen molar-refractivity contribution in [1.82, 2.24) is 0 Å². The van der Waals surface area contributed by atoms with Gasteiger partial charge in [0.2, 0.25) is 0 Å². The Morgan fingerprint density at radius 2 is 2.14 bits per heavy atom. The molecule has 0 radical (unpaired) electrons. The van der Waals surface area contributed by atoms with Crippen LogP contribution in [0.2, 0.25) is 0 Å². The number of ether oxygens (including phenoxy) is 2. The molecular formula is C16H16N2O3. The predicted octanol–water partition coefficient (Wildman–Crippen LogP) is 2.46. The normalized spacial score (nSPS) is 12.4. The lowest BCUT2D eigenvalue weighted by atomic mass is 10.1. The topological polar surface area (TPSA) is 73.6 Å². The summed E-state index contributed by atoms with van der Waals surface area (Å²) < 4.78 is 10.6. The molecule has 5 heteroatoms. The predicted molar refractivity (Wildman–Crippen MR) is 81.0 cm³/mol. The third kappa shape index (κ3) is 2.63. The first kappa shape index (κ1) is 13.3. The highest BCUT2D eigenvalue weighted by Crippen LogP contribution is 2.29. The maximum Gasteiger partial charge on any atom is 0.259 e. The molecule has 0 atom stereocenters. The second-order valence-corrected chi connectivity index (χ2v) is 4.83. The van der Waals surface area contributed by atoms with E-state index in [2.05, 4.69) is 5.32 Å². The van der Waals surface area contributed by atoms with E-state index >= 15 is 0 Å². The number of benzene rings is 2. The van der Waals surface area contributed by atoms with Crippen LogP contribution in [0.4, 0.5) is 11.4 Å². The van der Waals surface area contributed by atoms with E-state index in [4.69, 9.17) is 15.2 Å². The number of carbonyl (C=O) groups is 1. The van der Waals surface area contributed by atoms with Crippen LogP contribution < -0.4 is 20.5 Å². The van der Waals surface area contributed by atoms with Crippen LogP contribution >= 0.6 is 0 Å². The molecule has 2 aromatic carbocycles. The van der Waals surface area contributed by atoms with Gasteiger partial charge in [-0.25, -0.2) is 0 Å². The number of hydrogen-bond acceptors (Lipinski definition) is 4. The number of nitrogens with one attached hydrogen (secondary N) is 1. The van der Waals surface area contributed by atoms with Crippen molar-refractivity contribution in [3.05, 3.63) is 47.5 Å². The molecule has 0 saturated heterocycles. The van der Waals surface area contributed by atoms with Crippen molar-refractivity contribution in [2.45, 2.75) is 6.42 Å². The van der Waals surface area contributed by atoms with Gasteiger partial charge in [-0.3, -0.25) is 4.79 Å². The number of rotatable bonds is 3. The maximum atomic E-state index is 12.3. The van der Waals surface area contributed by atoms with Gasteiger partial charge in [0.1, 0.15) is 11.5 Å². The Bertz CT molecular complexity index is 698. The van der Waals surface area contributed by atoms with Crippen molar-refractivity contribution in [2.75, 3.05) is 24.8 Å². The number of nitrogens with two attached hydrogens (primary N) is 1. The molecule has 5 nitrogen and oxygen atoms in total. The smallest absolute Gasteiger partial charge is 0.259 e. The van der Waals surface area contributed by atoms with Crippen LogP contribution in [-0.2, 0) is 6.42 Å². The van der Waals surface area contributed by atoms with E-state index in [9.17, 15) is 4.79 Å². The van der Waals surface area contributed by atoms with Crippen molar-refractivity contribution in [2.24, 2.45) is 0 Å². The molecule has 0 fully saturated rings. The number of methoxy groups -OCH3 is 1.